The molecular formula is C103H75N18O21PS. The maximum Gasteiger partial charge on any atom is 0.411 e. The molecule has 0 aliphatic heterocycles. The summed E-state index contributed by atoms with van der Waals surface area (Å²) in [6.45, 7) is 10.9. The lowest BCUT2D eigenvalue weighted by atomic mass is 9.85. The van der Waals surface area contributed by atoms with Crippen molar-refractivity contribution >= 4 is 175 Å². The normalized spacial score (nSPS) is 11.0. The van der Waals surface area contributed by atoms with E-state index in [0.29, 0.717) is 102 Å². The third-order valence-corrected chi connectivity index (χ3v) is 26.4. The predicted molar refractivity (Wildman–Crippen MR) is 530 cm³/mol. The molecule has 12 aromatic carbocycles. The molecule has 0 radical (unpaired) electrons. The molecular weight excluding hydrogens is 1890 g/mol. The fourth-order valence-electron chi connectivity index (χ4n) is 13.8. The number of isocyanates is 9. The lowest BCUT2D eigenvalue weighted by Gasteiger charge is -2.31. The summed E-state index contributed by atoms with van der Waals surface area (Å²) in [5, 5.41) is 36.6. The molecule has 0 atom stereocenters. The van der Waals surface area contributed by atoms with Gasteiger partial charge in [-0.1, -0.05) is 116 Å². The van der Waals surface area contributed by atoms with Crippen molar-refractivity contribution < 1.29 is 86.0 Å². The van der Waals surface area contributed by atoms with Gasteiger partial charge in [0.2, 0.25) is 54.7 Å². The Balaban J connectivity index is 0.000000202. The van der Waals surface area contributed by atoms with Crippen LogP contribution in [-0.4, -0.2) is 107 Å². The molecule has 1 aromatic heterocycles. The molecule has 0 bridgehead atoms. The standard InChI is InChI=1S/C33H32N6O9.C27H18N6O6.C22H13N3O3.C21H12N3O3PS/c1-5-33(15-46-30(43)37-24-9-6-21(2)27(12-24)34-18-40,16-47-31(44)38-25-10-7-22(3)28(13-25)35-19-41)17-48-32(45)39-26-11-8-23(4)29(14-26)36-20-42;1-16-4-7-19(10-22(16)29-14-34)31-25(36)32(20-8-5-17(2)23(11-20)30-15-35)27(38)33(26(31)37)21-9-6-18(3)24(12-21)39-13-28;23-13-28-21-11-5-18(6-12-21)22(16-1-7-19(8-2-16)24-14-26)17-3-9-20(10-4-17)25-15-27;22-13-27-18-5-11-21(12-6-18)28(29,19-7-1-16(2-8-19)23-14-25)20-9-3-17(4-10-20)24-15-26/h6-14H,5,15-17H2,1-4H3,(H,37,43)(H,38,44)(H,39,45);4-12H,1-3H3;1-12,22H;1-12H. The van der Waals surface area contributed by atoms with Crippen LogP contribution in [-0.2, 0) is 69.2 Å². The first-order valence-electron chi connectivity index (χ1n) is 42.2. The molecule has 41 heteroatoms. The smallest absolute Gasteiger partial charge is 0.411 e. The van der Waals surface area contributed by atoms with Crippen LogP contribution in [0.25, 0.3) is 17.1 Å². The number of carbonyl (C=O) groups excluding carboxylic acids is 12. The first-order chi connectivity index (χ1) is 69.6. The fraction of sp³-hybridized carbons (Fsp3) is 0.126. The van der Waals surface area contributed by atoms with Gasteiger partial charge in [0.1, 0.15) is 37.1 Å². The van der Waals surface area contributed by atoms with Crippen LogP contribution in [0.1, 0.15) is 69.3 Å². The highest BCUT2D eigenvalue weighted by molar-refractivity contribution is 8.25. The second-order valence-corrected chi connectivity index (χ2v) is 34.8. The Kier molecular flexibility index (Phi) is 38.0. The van der Waals surface area contributed by atoms with Crippen LogP contribution in [0.4, 0.5) is 82.6 Å². The zero-order valence-corrected chi connectivity index (χ0v) is 78.5. The van der Waals surface area contributed by atoms with Crippen LogP contribution in [0.5, 0.6) is 17.2 Å². The van der Waals surface area contributed by atoms with E-state index in [9.17, 15) is 71.9 Å². The van der Waals surface area contributed by atoms with Gasteiger partial charge in [0.15, 0.2) is 0 Å². The minimum absolute atomic E-state index is 0.0137. The largest absolute Gasteiger partial charge is 0.448 e. The molecule has 0 aliphatic rings. The quantitative estimate of drug-likeness (QED) is 0.00907. The van der Waals surface area contributed by atoms with E-state index < -0.39 is 46.8 Å². The Morgan fingerprint density at radius 1 is 0.333 bits per heavy atom. The molecule has 13 rings (SSSR count). The van der Waals surface area contributed by atoms with Gasteiger partial charge in [0.25, 0.3) is 18.8 Å². The number of hydrogen-bond donors (Lipinski definition) is 3. The van der Waals surface area contributed by atoms with E-state index in [2.05, 4.69) is 60.9 Å². The van der Waals surface area contributed by atoms with Crippen molar-refractivity contribution in [1.82, 2.24) is 13.7 Å². The third-order valence-electron chi connectivity index (χ3n) is 21.4. The van der Waals surface area contributed by atoms with Gasteiger partial charge >= 0.3 is 35.3 Å². The first-order valence-corrected chi connectivity index (χ1v) is 45.0. The van der Waals surface area contributed by atoms with Crippen molar-refractivity contribution in [3.63, 3.8) is 0 Å². The van der Waals surface area contributed by atoms with Crippen LogP contribution >= 0.6 is 6.04 Å². The van der Waals surface area contributed by atoms with E-state index in [0.717, 1.165) is 46.3 Å². The second kappa shape index (κ2) is 51.7. The Morgan fingerprint density at radius 3 is 0.868 bits per heavy atom. The number of benzene rings is 12. The van der Waals surface area contributed by atoms with E-state index in [-0.39, 0.29) is 66.3 Å². The zero-order chi connectivity index (χ0) is 104. The van der Waals surface area contributed by atoms with Gasteiger partial charge < -0.3 is 28.4 Å². The van der Waals surface area contributed by atoms with Crippen LogP contribution < -0.4 is 63.1 Å². The predicted octanol–water partition coefficient (Wildman–Crippen LogP) is 17.7. The highest BCUT2D eigenvalue weighted by Crippen LogP contribution is 2.45. The Labute approximate surface area is 822 Å². The monoisotopic (exact) mass is 1960 g/mol. The topological polar surface area (TPSA) is 545 Å². The fourth-order valence-corrected chi connectivity index (χ4v) is 17.5. The Bertz CT molecular complexity index is 7480. The molecule has 3 amide bonds. The average molecular weight is 1960 g/mol. The van der Waals surface area contributed by atoms with Crippen LogP contribution in [0.3, 0.4) is 0 Å². The number of rotatable bonds is 31. The molecule has 0 spiro atoms. The van der Waals surface area contributed by atoms with Gasteiger partial charge in [-0.3, -0.25) is 16.0 Å². The van der Waals surface area contributed by atoms with Gasteiger partial charge in [-0.15, -0.1) is 15.8 Å². The number of aliphatic imine (C=N–C) groups is 9. The van der Waals surface area contributed by atoms with Gasteiger partial charge in [-0.25, -0.2) is 85.6 Å². The Hall–Kier alpha value is -20.2. The zero-order valence-electron chi connectivity index (χ0n) is 76.8. The average Bonchev–Trinajstić information content (AvgIpc) is 0.730. The summed E-state index contributed by atoms with van der Waals surface area (Å²) < 4.78 is 33.3. The number of nitrogens with zero attached hydrogens (tertiary/aromatic N) is 15. The van der Waals surface area contributed by atoms with Gasteiger partial charge in [0, 0.05) is 35.1 Å². The molecule has 39 nitrogen and oxygen atoms in total. The summed E-state index contributed by atoms with van der Waals surface area (Å²) in [5.74, 6) is 0.849. The number of amides is 3. The van der Waals surface area contributed by atoms with Crippen molar-refractivity contribution in [1.29, 1.82) is 15.8 Å². The highest BCUT2D eigenvalue weighted by atomic mass is 32.4. The summed E-state index contributed by atoms with van der Waals surface area (Å²) in [4.78, 5) is 208. The van der Waals surface area contributed by atoms with Crippen LogP contribution in [0, 0.1) is 81.5 Å². The molecule has 3 N–H and O–H groups in total. The number of ether oxygens (including phenoxy) is 6. The summed E-state index contributed by atoms with van der Waals surface area (Å²) in [7, 11) is 0. The number of hydrogen-bond acceptors (Lipinski definition) is 34. The van der Waals surface area contributed by atoms with E-state index in [1.807, 2.05) is 72.8 Å². The molecule has 714 valence electrons. The van der Waals surface area contributed by atoms with Crippen molar-refractivity contribution in [2.45, 2.75) is 60.8 Å². The van der Waals surface area contributed by atoms with Crippen molar-refractivity contribution in [2.75, 3.05) is 35.8 Å². The number of carbonyl (C=O) groups is 3. The lowest BCUT2D eigenvalue weighted by molar-refractivity contribution is -0.0104. The second-order valence-electron chi connectivity index (χ2n) is 30.4. The molecule has 13 aromatic rings. The summed E-state index contributed by atoms with van der Waals surface area (Å²) >= 11 is 6.21. The minimum Gasteiger partial charge on any atom is -0.448 e. The SMILES string of the molecule is CCC(COC(=O)Nc1ccc(C)c(N=C=O)c1)(COC(=O)Nc1ccc(C)c(N=C=O)c1)COC(=O)Nc1ccc(C)c(N=C=O)c1.Cc1ccc(-n2c(=O)n(-c3ccc(C)c(N=C=O)c3)c(=O)n(-c3ccc(C)c(OC#N)c3)c2=O)cc1N=C=O.N#COc1ccc(C(c2ccc(N=C=O)cc2)c2ccc(N=C=O)cc2)cc1.N#COc1ccc(P(=S)(c2ccc(N=C=O)cc2)c2ccc(N=C=O)cc2)cc1. The van der Waals surface area contributed by atoms with E-state index in [1.54, 1.807) is 195 Å². The molecule has 0 saturated carbocycles. The van der Waals surface area contributed by atoms with E-state index in [4.69, 9.17) is 56.0 Å². The summed E-state index contributed by atoms with van der Waals surface area (Å²) in [6, 6.07) is 67.5. The molecule has 144 heavy (non-hydrogen) atoms. The van der Waals surface area contributed by atoms with Crippen LogP contribution in [0.15, 0.2) is 314 Å². The van der Waals surface area contributed by atoms with Crippen molar-refractivity contribution in [3.05, 3.63) is 336 Å². The van der Waals surface area contributed by atoms with Gasteiger partial charge in [0.05, 0.1) is 73.7 Å². The molecule has 0 aliphatic carbocycles. The first kappa shape index (κ1) is 106. The highest BCUT2D eigenvalue weighted by Gasteiger charge is 2.35. The number of anilines is 3. The third kappa shape index (κ3) is 27.8. The molecule has 1 heterocycles. The number of nitriles is 3. The number of nitrogens with one attached hydrogen (secondary N) is 3. The molecule has 0 saturated heterocycles. The number of aromatic nitrogens is 3. The lowest BCUT2D eigenvalue weighted by Crippen LogP contribution is -2.52. The Morgan fingerprint density at radius 2 is 0.583 bits per heavy atom. The van der Waals surface area contributed by atoms with E-state index in [1.165, 1.54) is 109 Å². The molecule has 0 fully saturated rings. The van der Waals surface area contributed by atoms with E-state index >= 15 is 0 Å². The van der Waals surface area contributed by atoms with Gasteiger partial charge in [-0.2, -0.15) is 44.9 Å². The summed E-state index contributed by atoms with van der Waals surface area (Å²) in [6.07, 6.45) is 15.7. The summed E-state index contributed by atoms with van der Waals surface area (Å²) in [5.41, 5.74) is 6.58. The van der Waals surface area contributed by atoms with Crippen molar-refractivity contribution in [2.24, 2.45) is 50.3 Å². The maximum atomic E-state index is 13.8. The molecule has 0 unspecified atom stereocenters. The minimum atomic E-state index is -2.48. The number of aryl methyl sites for hydroxylation is 6. The maximum absolute atomic E-state index is 13.8. The van der Waals surface area contributed by atoms with Crippen LogP contribution in [0.2, 0.25) is 0 Å². The van der Waals surface area contributed by atoms with Crippen molar-refractivity contribution in [3.8, 4) is 53.1 Å². The van der Waals surface area contributed by atoms with Gasteiger partial charge in [-0.05, 0) is 266 Å².